The number of aryl methyl sites for hydroxylation is 2. The normalized spacial score (nSPS) is 10.7. The lowest BCUT2D eigenvalue weighted by atomic mass is 10.0. The molecule has 1 aromatic carbocycles. The van der Waals surface area contributed by atoms with Crippen molar-refractivity contribution in [2.75, 3.05) is 0 Å². The molecule has 2 N–H and O–H groups in total. The van der Waals surface area contributed by atoms with E-state index in [0.29, 0.717) is 12.4 Å². The van der Waals surface area contributed by atoms with Crippen molar-refractivity contribution in [2.45, 2.75) is 40.2 Å². The van der Waals surface area contributed by atoms with Gasteiger partial charge in [-0.2, -0.15) is 5.10 Å². The summed E-state index contributed by atoms with van der Waals surface area (Å²) in [6, 6.07) is 5.82. The molecule has 0 atom stereocenters. The van der Waals surface area contributed by atoms with Gasteiger partial charge in [-0.05, 0) is 49.1 Å². The Balaban J connectivity index is 2.41. The molecule has 0 saturated heterocycles. The molecule has 5 heteroatoms. The van der Waals surface area contributed by atoms with Crippen molar-refractivity contribution >= 4 is 15.9 Å². The number of aromatic nitrogens is 2. The molecule has 21 heavy (non-hydrogen) atoms. The smallest absolute Gasteiger partial charge is 0.243 e. The van der Waals surface area contributed by atoms with Gasteiger partial charge in [0.1, 0.15) is 5.75 Å². The minimum absolute atomic E-state index is 0.399. The number of hydrogen-bond acceptors (Lipinski definition) is 4. The van der Waals surface area contributed by atoms with Crippen LogP contribution in [0.3, 0.4) is 0 Å². The van der Waals surface area contributed by atoms with Gasteiger partial charge in [-0.25, -0.2) is 0 Å². The van der Waals surface area contributed by atoms with Gasteiger partial charge in [-0.1, -0.05) is 29.8 Å². The average molecular weight is 350 g/mol. The first-order chi connectivity index (χ1) is 10.1. The molecule has 0 fully saturated rings. The van der Waals surface area contributed by atoms with Crippen molar-refractivity contribution in [1.29, 1.82) is 0 Å². The number of nitrogens with two attached hydrogens (primary N) is 1. The van der Waals surface area contributed by atoms with Crippen LogP contribution in [0.15, 0.2) is 22.7 Å². The SMILES string of the molecule is CCc1nnc(Oc2ccc(Br)c(C)c2)c(CN)c1CC. The lowest BCUT2D eigenvalue weighted by Crippen LogP contribution is -2.10. The van der Waals surface area contributed by atoms with E-state index >= 15 is 0 Å². The number of ether oxygens (including phenoxy) is 1. The van der Waals surface area contributed by atoms with Crippen LogP contribution in [-0.4, -0.2) is 10.2 Å². The van der Waals surface area contributed by atoms with Crippen LogP contribution in [0.25, 0.3) is 0 Å². The summed E-state index contributed by atoms with van der Waals surface area (Å²) in [4.78, 5) is 0. The van der Waals surface area contributed by atoms with E-state index in [1.807, 2.05) is 25.1 Å². The first kappa shape index (κ1) is 15.9. The van der Waals surface area contributed by atoms with Crippen molar-refractivity contribution < 1.29 is 4.74 Å². The fraction of sp³-hybridized carbons (Fsp3) is 0.375. The number of nitrogens with zero attached hydrogens (tertiary/aromatic N) is 2. The zero-order chi connectivity index (χ0) is 15.4. The first-order valence-electron chi connectivity index (χ1n) is 7.12. The van der Waals surface area contributed by atoms with Gasteiger partial charge in [0, 0.05) is 16.6 Å². The zero-order valence-corrected chi connectivity index (χ0v) is 14.2. The van der Waals surface area contributed by atoms with Gasteiger partial charge in [0.2, 0.25) is 5.88 Å². The molecule has 0 spiro atoms. The van der Waals surface area contributed by atoms with Crippen molar-refractivity contribution in [3.63, 3.8) is 0 Å². The molecule has 4 nitrogen and oxygen atoms in total. The van der Waals surface area contributed by atoms with Crippen LogP contribution >= 0.6 is 15.9 Å². The van der Waals surface area contributed by atoms with Gasteiger partial charge in [0.05, 0.1) is 5.69 Å². The van der Waals surface area contributed by atoms with Gasteiger partial charge < -0.3 is 10.5 Å². The third-order valence-electron chi connectivity index (χ3n) is 3.47. The van der Waals surface area contributed by atoms with Gasteiger partial charge in [0.15, 0.2) is 0 Å². The fourth-order valence-corrected chi connectivity index (χ4v) is 2.56. The molecule has 0 aliphatic heterocycles. The van der Waals surface area contributed by atoms with Gasteiger partial charge in [-0.15, -0.1) is 5.10 Å². The predicted octanol–water partition coefficient (Wildman–Crippen LogP) is 3.92. The largest absolute Gasteiger partial charge is 0.437 e. The maximum atomic E-state index is 5.90. The summed E-state index contributed by atoms with van der Waals surface area (Å²) in [5.74, 6) is 1.25. The lowest BCUT2D eigenvalue weighted by Gasteiger charge is -2.14. The highest BCUT2D eigenvalue weighted by Gasteiger charge is 2.15. The summed E-state index contributed by atoms with van der Waals surface area (Å²) in [6.07, 6.45) is 1.72. The van der Waals surface area contributed by atoms with Crippen LogP contribution in [0, 0.1) is 6.92 Å². The van der Waals surface area contributed by atoms with Crippen LogP contribution in [0.1, 0.15) is 36.2 Å². The molecule has 1 heterocycles. The third kappa shape index (κ3) is 3.41. The molecule has 0 amide bonds. The van der Waals surface area contributed by atoms with E-state index in [4.69, 9.17) is 10.5 Å². The van der Waals surface area contributed by atoms with E-state index in [9.17, 15) is 0 Å². The van der Waals surface area contributed by atoms with E-state index < -0.39 is 0 Å². The quantitative estimate of drug-likeness (QED) is 0.888. The summed E-state index contributed by atoms with van der Waals surface area (Å²) in [5.41, 5.74) is 10.1. The molecule has 0 aliphatic carbocycles. The van der Waals surface area contributed by atoms with Gasteiger partial charge in [-0.3, -0.25) is 0 Å². The molecule has 2 rings (SSSR count). The lowest BCUT2D eigenvalue weighted by molar-refractivity contribution is 0.445. The van der Waals surface area contributed by atoms with E-state index in [2.05, 4.69) is 40.0 Å². The van der Waals surface area contributed by atoms with Crippen molar-refractivity contribution in [3.05, 3.63) is 45.1 Å². The minimum atomic E-state index is 0.399. The Morgan fingerprint density at radius 1 is 1.14 bits per heavy atom. The maximum absolute atomic E-state index is 5.90. The Morgan fingerprint density at radius 2 is 1.90 bits per heavy atom. The monoisotopic (exact) mass is 349 g/mol. The van der Waals surface area contributed by atoms with Crippen molar-refractivity contribution in [2.24, 2.45) is 5.73 Å². The topological polar surface area (TPSA) is 61.0 Å². The third-order valence-corrected chi connectivity index (χ3v) is 4.36. The second-order valence-corrected chi connectivity index (χ2v) is 5.69. The summed E-state index contributed by atoms with van der Waals surface area (Å²) < 4.78 is 6.96. The van der Waals surface area contributed by atoms with Gasteiger partial charge >= 0.3 is 0 Å². The molecule has 2 aromatic rings. The molecule has 0 bridgehead atoms. The number of halogens is 1. The summed E-state index contributed by atoms with van der Waals surface area (Å²) >= 11 is 3.48. The standard InChI is InChI=1S/C16H20BrN3O/c1-4-12-13(9-18)16(20-19-15(12)5-2)21-11-6-7-14(17)10(3)8-11/h6-8H,4-5,9,18H2,1-3H3. The Labute approximate surface area is 133 Å². The summed E-state index contributed by atoms with van der Waals surface area (Å²) in [5, 5.41) is 8.49. The molecular weight excluding hydrogens is 330 g/mol. The van der Waals surface area contributed by atoms with E-state index in [1.54, 1.807) is 0 Å². The van der Waals surface area contributed by atoms with Crippen LogP contribution in [0.2, 0.25) is 0 Å². The molecule has 0 saturated carbocycles. The molecule has 0 radical (unpaired) electrons. The van der Waals surface area contributed by atoms with Crippen molar-refractivity contribution in [3.8, 4) is 11.6 Å². The Morgan fingerprint density at radius 3 is 2.48 bits per heavy atom. The summed E-state index contributed by atoms with van der Waals surface area (Å²) in [7, 11) is 0. The summed E-state index contributed by atoms with van der Waals surface area (Å²) in [6.45, 7) is 6.59. The van der Waals surface area contributed by atoms with E-state index in [-0.39, 0.29) is 0 Å². The number of hydrogen-bond donors (Lipinski definition) is 1. The Kier molecular flexibility index (Phi) is 5.31. The maximum Gasteiger partial charge on any atom is 0.243 e. The minimum Gasteiger partial charge on any atom is -0.437 e. The van der Waals surface area contributed by atoms with Crippen LogP contribution in [-0.2, 0) is 19.4 Å². The predicted molar refractivity (Wildman–Crippen MR) is 87.6 cm³/mol. The highest BCUT2D eigenvalue weighted by Crippen LogP contribution is 2.29. The molecule has 0 unspecified atom stereocenters. The molecule has 1 aromatic heterocycles. The highest BCUT2D eigenvalue weighted by molar-refractivity contribution is 9.10. The highest BCUT2D eigenvalue weighted by atomic mass is 79.9. The van der Waals surface area contributed by atoms with Crippen LogP contribution in [0.5, 0.6) is 11.6 Å². The van der Waals surface area contributed by atoms with E-state index in [1.165, 1.54) is 0 Å². The fourth-order valence-electron chi connectivity index (χ4n) is 2.32. The van der Waals surface area contributed by atoms with Gasteiger partial charge in [0.25, 0.3) is 0 Å². The Bertz CT molecular complexity index is 644. The molecular formula is C16H20BrN3O. The van der Waals surface area contributed by atoms with Crippen molar-refractivity contribution in [1.82, 2.24) is 10.2 Å². The van der Waals surface area contributed by atoms with E-state index in [0.717, 1.165) is 45.4 Å². The van der Waals surface area contributed by atoms with Crippen LogP contribution < -0.4 is 10.5 Å². The van der Waals surface area contributed by atoms with Crippen LogP contribution in [0.4, 0.5) is 0 Å². The second-order valence-electron chi connectivity index (χ2n) is 4.83. The zero-order valence-electron chi connectivity index (χ0n) is 12.6. The Hall–Kier alpha value is -1.46. The molecule has 0 aliphatic rings. The molecule has 112 valence electrons. The number of benzene rings is 1. The second kappa shape index (κ2) is 7.00. The number of rotatable bonds is 5. The average Bonchev–Trinajstić information content (AvgIpc) is 2.50. The first-order valence-corrected chi connectivity index (χ1v) is 7.91.